The van der Waals surface area contributed by atoms with Crippen molar-refractivity contribution in [1.82, 2.24) is 20.4 Å². The highest BCUT2D eigenvalue weighted by Crippen LogP contribution is 2.24. The Kier molecular flexibility index (Phi) is 9.25. The van der Waals surface area contributed by atoms with Gasteiger partial charge in [-0.1, -0.05) is 12.1 Å². The van der Waals surface area contributed by atoms with Crippen LogP contribution in [0.4, 0.5) is 0 Å². The Bertz CT molecular complexity index is 669. The molecule has 1 aromatic carbocycles. The molecule has 0 aliphatic carbocycles. The minimum absolute atomic E-state index is 0.135. The molecule has 7 nitrogen and oxygen atoms in total. The normalized spacial score (nSPS) is 16.6. The summed E-state index contributed by atoms with van der Waals surface area (Å²) in [4.78, 5) is 21.1. The molecule has 162 valence electrons. The third-order valence-electron chi connectivity index (χ3n) is 5.52. The van der Waals surface area contributed by atoms with E-state index in [1.165, 1.54) is 5.56 Å². The number of benzene rings is 1. The van der Waals surface area contributed by atoms with Crippen molar-refractivity contribution in [2.75, 3.05) is 54.4 Å². The van der Waals surface area contributed by atoms with Crippen molar-refractivity contribution in [2.45, 2.75) is 32.2 Å². The number of hydrogen-bond donors (Lipinski definition) is 2. The number of aliphatic imine (C=N–C) groups is 1. The van der Waals surface area contributed by atoms with Crippen molar-refractivity contribution in [1.29, 1.82) is 0 Å². The van der Waals surface area contributed by atoms with E-state index in [1.54, 1.807) is 14.2 Å². The molecule has 0 saturated carbocycles. The van der Waals surface area contributed by atoms with Gasteiger partial charge in [0.05, 0.1) is 19.7 Å². The van der Waals surface area contributed by atoms with E-state index in [-0.39, 0.29) is 11.9 Å². The molecule has 1 fully saturated rings. The molecule has 0 aromatic heterocycles. The average Bonchev–Trinajstić information content (AvgIpc) is 2.73. The molecule has 0 spiro atoms. The van der Waals surface area contributed by atoms with Crippen LogP contribution in [-0.2, 0) is 4.79 Å². The Morgan fingerprint density at radius 1 is 1.34 bits per heavy atom. The standard InChI is InChI=1S/C22H37N5O2/c1-6-24-22(27-12-10-17(11-13-27)14-21(28)23-2)25-16-20(26(3)4)18-8-7-9-19(15-18)29-5/h7-9,15,17,20H,6,10-14,16H2,1-5H3,(H,23,28)(H,24,25). The van der Waals surface area contributed by atoms with E-state index < -0.39 is 0 Å². The zero-order chi connectivity index (χ0) is 21.2. The fourth-order valence-electron chi connectivity index (χ4n) is 3.73. The summed E-state index contributed by atoms with van der Waals surface area (Å²) in [6.07, 6.45) is 2.66. The van der Waals surface area contributed by atoms with Gasteiger partial charge in [-0.3, -0.25) is 9.79 Å². The fraction of sp³-hybridized carbons (Fsp3) is 0.636. The highest BCUT2D eigenvalue weighted by molar-refractivity contribution is 5.80. The summed E-state index contributed by atoms with van der Waals surface area (Å²) in [5.41, 5.74) is 1.19. The number of carbonyl (C=O) groups is 1. The Morgan fingerprint density at radius 3 is 2.66 bits per heavy atom. The third kappa shape index (κ3) is 6.92. The first-order valence-electron chi connectivity index (χ1n) is 10.5. The molecule has 1 aliphatic rings. The van der Waals surface area contributed by atoms with Crippen molar-refractivity contribution in [3.05, 3.63) is 29.8 Å². The van der Waals surface area contributed by atoms with Gasteiger partial charge in [-0.15, -0.1) is 0 Å². The first kappa shape index (κ1) is 23.0. The molecule has 1 saturated heterocycles. The van der Waals surface area contributed by atoms with Crippen molar-refractivity contribution in [3.8, 4) is 5.75 Å². The Labute approximate surface area is 175 Å². The summed E-state index contributed by atoms with van der Waals surface area (Å²) >= 11 is 0. The van der Waals surface area contributed by atoms with Crippen LogP contribution in [0.15, 0.2) is 29.3 Å². The number of ether oxygens (including phenoxy) is 1. The number of hydrogen-bond acceptors (Lipinski definition) is 4. The van der Waals surface area contributed by atoms with E-state index in [1.807, 2.05) is 12.1 Å². The number of carbonyl (C=O) groups excluding carboxylic acids is 1. The summed E-state index contributed by atoms with van der Waals surface area (Å²) in [6, 6.07) is 8.37. The maximum atomic E-state index is 11.6. The molecule has 1 aliphatic heterocycles. The smallest absolute Gasteiger partial charge is 0.220 e. The zero-order valence-electron chi connectivity index (χ0n) is 18.6. The van der Waals surface area contributed by atoms with Crippen LogP contribution in [0.25, 0.3) is 0 Å². The molecule has 29 heavy (non-hydrogen) atoms. The van der Waals surface area contributed by atoms with E-state index in [2.05, 4.69) is 53.6 Å². The number of methoxy groups -OCH3 is 1. The Balaban J connectivity index is 2.05. The fourth-order valence-corrected chi connectivity index (χ4v) is 3.73. The van der Waals surface area contributed by atoms with Gasteiger partial charge in [-0.25, -0.2) is 0 Å². The van der Waals surface area contributed by atoms with Crippen LogP contribution in [0.3, 0.4) is 0 Å². The molecule has 2 N–H and O–H groups in total. The monoisotopic (exact) mass is 403 g/mol. The molecule has 1 atom stereocenters. The number of nitrogens with one attached hydrogen (secondary N) is 2. The first-order chi connectivity index (χ1) is 14.0. The topological polar surface area (TPSA) is 69.2 Å². The summed E-state index contributed by atoms with van der Waals surface area (Å²) in [5.74, 6) is 2.42. The van der Waals surface area contributed by atoms with E-state index in [9.17, 15) is 4.79 Å². The number of guanidine groups is 1. The summed E-state index contributed by atoms with van der Waals surface area (Å²) in [6.45, 7) is 5.46. The summed E-state index contributed by atoms with van der Waals surface area (Å²) < 4.78 is 5.39. The van der Waals surface area contributed by atoms with Crippen LogP contribution in [0.1, 0.15) is 37.8 Å². The molecule has 0 radical (unpaired) electrons. The Morgan fingerprint density at radius 2 is 2.07 bits per heavy atom. The first-order valence-corrected chi connectivity index (χ1v) is 10.5. The third-order valence-corrected chi connectivity index (χ3v) is 5.52. The van der Waals surface area contributed by atoms with Crippen LogP contribution in [0.5, 0.6) is 5.75 Å². The second kappa shape index (κ2) is 11.7. The SMILES string of the molecule is CCNC(=NCC(c1cccc(OC)c1)N(C)C)N1CCC(CC(=O)NC)CC1. The lowest BCUT2D eigenvalue weighted by atomic mass is 9.93. The molecule has 1 unspecified atom stereocenters. The number of rotatable bonds is 8. The highest BCUT2D eigenvalue weighted by Gasteiger charge is 2.23. The molecule has 0 bridgehead atoms. The van der Waals surface area contributed by atoms with Crippen molar-refractivity contribution < 1.29 is 9.53 Å². The van der Waals surface area contributed by atoms with Gasteiger partial charge in [-0.2, -0.15) is 0 Å². The largest absolute Gasteiger partial charge is 0.497 e. The number of nitrogens with zero attached hydrogens (tertiary/aromatic N) is 3. The number of piperidine rings is 1. The summed E-state index contributed by atoms with van der Waals surface area (Å²) in [7, 11) is 7.56. The van der Waals surface area contributed by atoms with Crippen molar-refractivity contribution in [2.24, 2.45) is 10.9 Å². The zero-order valence-corrected chi connectivity index (χ0v) is 18.6. The molecule has 1 amide bonds. The van der Waals surface area contributed by atoms with Gasteiger partial charge in [0, 0.05) is 33.1 Å². The number of amides is 1. The maximum Gasteiger partial charge on any atom is 0.220 e. The maximum absolute atomic E-state index is 11.6. The highest BCUT2D eigenvalue weighted by atomic mass is 16.5. The molecule has 7 heteroatoms. The van der Waals surface area contributed by atoms with Crippen molar-refractivity contribution in [3.63, 3.8) is 0 Å². The lowest BCUT2D eigenvalue weighted by molar-refractivity contribution is -0.121. The second-order valence-electron chi connectivity index (χ2n) is 7.76. The van der Waals surface area contributed by atoms with Crippen LogP contribution in [0, 0.1) is 5.92 Å². The number of likely N-dealkylation sites (tertiary alicyclic amines) is 1. The molecular weight excluding hydrogens is 366 g/mol. The minimum Gasteiger partial charge on any atom is -0.497 e. The van der Waals surface area contributed by atoms with Crippen LogP contribution in [0.2, 0.25) is 0 Å². The van der Waals surface area contributed by atoms with Gasteiger partial charge in [0.25, 0.3) is 0 Å². The van der Waals surface area contributed by atoms with Gasteiger partial charge in [-0.05, 0) is 57.5 Å². The summed E-state index contributed by atoms with van der Waals surface area (Å²) in [5, 5.41) is 6.17. The molecule has 1 aromatic rings. The number of likely N-dealkylation sites (N-methyl/N-ethyl adjacent to an activating group) is 1. The van der Waals surface area contributed by atoms with Crippen LogP contribution in [-0.4, -0.2) is 76.1 Å². The van der Waals surface area contributed by atoms with Crippen LogP contribution >= 0.6 is 0 Å². The van der Waals surface area contributed by atoms with Gasteiger partial charge >= 0.3 is 0 Å². The lowest BCUT2D eigenvalue weighted by Crippen LogP contribution is -2.46. The second-order valence-corrected chi connectivity index (χ2v) is 7.76. The van der Waals surface area contributed by atoms with Gasteiger partial charge in [0.15, 0.2) is 5.96 Å². The quantitative estimate of drug-likeness (QED) is 0.514. The van der Waals surface area contributed by atoms with Gasteiger partial charge < -0.3 is 25.2 Å². The van der Waals surface area contributed by atoms with Crippen molar-refractivity contribution >= 4 is 11.9 Å². The Hall–Kier alpha value is -2.28. The predicted octanol–water partition coefficient (Wildman–Crippen LogP) is 2.11. The molecule has 2 rings (SSSR count). The van der Waals surface area contributed by atoms with E-state index >= 15 is 0 Å². The lowest BCUT2D eigenvalue weighted by Gasteiger charge is -2.34. The minimum atomic E-state index is 0.135. The van der Waals surface area contributed by atoms with Gasteiger partial charge in [0.1, 0.15) is 5.75 Å². The van der Waals surface area contributed by atoms with E-state index in [4.69, 9.17) is 9.73 Å². The van der Waals surface area contributed by atoms with E-state index in [0.717, 1.165) is 44.2 Å². The predicted molar refractivity (Wildman–Crippen MR) is 118 cm³/mol. The average molecular weight is 404 g/mol. The molecular formula is C22H37N5O2. The van der Waals surface area contributed by atoms with E-state index in [0.29, 0.717) is 18.9 Å². The van der Waals surface area contributed by atoms with Gasteiger partial charge in [0.2, 0.25) is 5.91 Å². The molecule has 1 heterocycles. The van der Waals surface area contributed by atoms with Crippen LogP contribution < -0.4 is 15.4 Å².